The van der Waals surface area contributed by atoms with E-state index in [1.165, 1.54) is 23.3 Å². The van der Waals surface area contributed by atoms with Gasteiger partial charge in [0.1, 0.15) is 30.2 Å². The molecule has 3 unspecified atom stereocenters. The van der Waals surface area contributed by atoms with Crippen molar-refractivity contribution in [1.29, 1.82) is 0 Å². The number of imidazole rings is 2. The number of aliphatic hydroxyl groups excluding tert-OH is 4. The summed E-state index contributed by atoms with van der Waals surface area (Å²) in [6.45, 7) is -0.164. The molecule has 2 aliphatic rings. The number of nitrogens with zero attached hydrogens (tertiary/aromatic N) is 4. The van der Waals surface area contributed by atoms with Crippen LogP contribution in [0.5, 0.6) is 0 Å². The Hall–Kier alpha value is -3.49. The maximum Gasteiger partial charge on any atom is 0.277 e. The second-order valence-electron chi connectivity index (χ2n) is 9.44. The van der Waals surface area contributed by atoms with Gasteiger partial charge in [-0.15, -0.1) is 0 Å². The fourth-order valence-corrected chi connectivity index (χ4v) is 4.92. The molecule has 42 heavy (non-hydrogen) atoms. The highest BCUT2D eigenvalue weighted by atomic mass is 31.2. The van der Waals surface area contributed by atoms with Gasteiger partial charge >= 0.3 is 0 Å². The van der Waals surface area contributed by atoms with Crippen molar-refractivity contribution in [3.05, 3.63) is 45.5 Å². The van der Waals surface area contributed by atoms with Crippen LogP contribution in [0.3, 0.4) is 0 Å². The Bertz CT molecular complexity index is 1660. The van der Waals surface area contributed by atoms with E-state index in [-0.39, 0.29) is 41.3 Å². The number of hydrogen-bond acceptors (Lipinski definition) is 15. The lowest BCUT2D eigenvalue weighted by Gasteiger charge is -2.17. The summed E-state index contributed by atoms with van der Waals surface area (Å²) in [5.41, 5.74) is 11.7. The fourth-order valence-electron chi connectivity index (χ4n) is 4.68. The van der Waals surface area contributed by atoms with Crippen LogP contribution in [0.4, 0.5) is 11.6 Å². The number of aliphatic hydroxyl groups is 4. The second-order valence-corrected chi connectivity index (χ2v) is 10.6. The molecular formula is C22H29N8O11P. The molecule has 0 bridgehead atoms. The minimum Gasteiger partial charge on any atom is -0.394 e. The van der Waals surface area contributed by atoms with Crippen molar-refractivity contribution in [3.63, 3.8) is 0 Å². The molecule has 228 valence electrons. The van der Waals surface area contributed by atoms with Crippen molar-refractivity contribution in [2.24, 2.45) is 0 Å². The lowest BCUT2D eigenvalue weighted by Crippen LogP contribution is -2.19. The van der Waals surface area contributed by atoms with Gasteiger partial charge < -0.3 is 65.4 Å². The highest BCUT2D eigenvalue weighted by Crippen LogP contribution is 2.36. The standard InChI is InChI=1S/C11H15N4O7P.C11H14N4O4/c12-7-1-5-9(10(18)14-7)13-3-15(5)11-6(17)2-8(20-11)21-22-23(19)4-16;12-8-2-6-9(10(18)14-8)13-4-15(6)11-7(17)1-5(3-16)19-11/h1,3,6,8,11,16-17,19H,2,4H2,(H3,12,14,18);2,4-5,7,11,16-17H,1,3H2,(H3,12,14,18)/t6?,8-,11-,23?;5-,7?,11+/m10/s1. The van der Waals surface area contributed by atoms with Crippen molar-refractivity contribution >= 4 is 42.1 Å². The maximum atomic E-state index is 11.8. The molecule has 4 aromatic heterocycles. The molecule has 2 saturated heterocycles. The van der Waals surface area contributed by atoms with Crippen LogP contribution in [0.2, 0.25) is 0 Å². The molecule has 7 atom stereocenters. The van der Waals surface area contributed by atoms with Gasteiger partial charge in [0.05, 0.1) is 36.4 Å². The molecule has 0 aromatic carbocycles. The number of rotatable bonds is 7. The van der Waals surface area contributed by atoms with Gasteiger partial charge in [-0.3, -0.25) is 9.59 Å². The Kier molecular flexibility index (Phi) is 8.85. The van der Waals surface area contributed by atoms with E-state index in [4.69, 9.17) is 40.9 Å². The van der Waals surface area contributed by atoms with Crippen molar-refractivity contribution in [2.45, 2.75) is 49.9 Å². The first-order chi connectivity index (χ1) is 20.1. The molecule has 19 nitrogen and oxygen atoms in total. The molecule has 0 amide bonds. The molecule has 11 N–H and O–H groups in total. The lowest BCUT2D eigenvalue weighted by atomic mass is 10.2. The molecule has 0 radical (unpaired) electrons. The zero-order chi connectivity index (χ0) is 30.1. The van der Waals surface area contributed by atoms with Gasteiger partial charge in [0, 0.05) is 25.0 Å². The highest BCUT2D eigenvalue weighted by molar-refractivity contribution is 7.45. The summed E-state index contributed by atoms with van der Waals surface area (Å²) in [5.74, 6) is 0.368. The smallest absolute Gasteiger partial charge is 0.277 e. The van der Waals surface area contributed by atoms with Gasteiger partial charge in [-0.25, -0.2) is 9.97 Å². The van der Waals surface area contributed by atoms with Gasteiger partial charge in [-0.1, -0.05) is 0 Å². The Morgan fingerprint density at radius 1 is 0.929 bits per heavy atom. The number of anilines is 2. The van der Waals surface area contributed by atoms with Crippen LogP contribution in [0, 0.1) is 0 Å². The lowest BCUT2D eigenvalue weighted by molar-refractivity contribution is -0.318. The number of nitrogens with one attached hydrogen (secondary N) is 2. The summed E-state index contributed by atoms with van der Waals surface area (Å²) in [6.07, 6.45) is -2.05. The fraction of sp³-hybridized carbons (Fsp3) is 0.455. The summed E-state index contributed by atoms with van der Waals surface area (Å²) < 4.78 is 18.6. The number of hydrogen-bond donors (Lipinski definition) is 9. The zero-order valence-corrected chi connectivity index (χ0v) is 22.6. The topological polar surface area (TPSA) is 291 Å². The summed E-state index contributed by atoms with van der Waals surface area (Å²) in [5, 5.41) is 37.8. The van der Waals surface area contributed by atoms with E-state index in [2.05, 4.69) is 24.6 Å². The molecule has 0 spiro atoms. The highest BCUT2D eigenvalue weighted by Gasteiger charge is 2.38. The van der Waals surface area contributed by atoms with Crippen LogP contribution < -0.4 is 22.6 Å². The predicted molar refractivity (Wildman–Crippen MR) is 144 cm³/mol. The largest absolute Gasteiger partial charge is 0.394 e. The van der Waals surface area contributed by atoms with E-state index in [1.54, 1.807) is 10.6 Å². The summed E-state index contributed by atoms with van der Waals surface area (Å²) in [7, 11) is -2.11. The number of aromatic nitrogens is 6. The van der Waals surface area contributed by atoms with Gasteiger partial charge in [-0.2, -0.15) is 9.56 Å². The molecule has 4 aromatic rings. The Labute approximate surface area is 235 Å². The van der Waals surface area contributed by atoms with Gasteiger partial charge in [0.15, 0.2) is 29.8 Å². The maximum absolute atomic E-state index is 11.8. The Morgan fingerprint density at radius 3 is 1.95 bits per heavy atom. The van der Waals surface area contributed by atoms with Gasteiger partial charge in [0.2, 0.25) is 8.38 Å². The van der Waals surface area contributed by atoms with Crippen LogP contribution in [-0.4, -0.2) is 91.9 Å². The van der Waals surface area contributed by atoms with Crippen molar-refractivity contribution in [3.8, 4) is 0 Å². The van der Waals surface area contributed by atoms with E-state index in [9.17, 15) is 19.8 Å². The molecule has 0 aliphatic carbocycles. The SMILES string of the molecule is Nc1cc2c(ncn2[C@@H]2O[C@H](CO)CC2O)c(=O)[nH]1.Nc1cc2c(ncn2[C@@H]2O[C@H](OOP(O)CO)CC2O)c(=O)[nH]1. The van der Waals surface area contributed by atoms with Crippen LogP contribution in [0.15, 0.2) is 34.4 Å². The van der Waals surface area contributed by atoms with E-state index in [0.29, 0.717) is 17.5 Å². The van der Waals surface area contributed by atoms with Crippen LogP contribution in [0.25, 0.3) is 22.1 Å². The number of fused-ring (bicyclic) bond motifs is 2. The number of aromatic amines is 2. The molecule has 0 saturated carbocycles. The second kappa shape index (κ2) is 12.4. The third kappa shape index (κ3) is 6.01. The normalized spacial score (nSPS) is 26.5. The third-order valence-corrected chi connectivity index (χ3v) is 7.02. The third-order valence-electron chi connectivity index (χ3n) is 6.52. The average molecular weight is 612 g/mol. The van der Waals surface area contributed by atoms with E-state index < -0.39 is 57.3 Å². The number of H-pyrrole nitrogens is 2. The molecule has 2 aliphatic heterocycles. The minimum atomic E-state index is -2.11. The van der Waals surface area contributed by atoms with Crippen LogP contribution in [0.1, 0.15) is 25.3 Å². The van der Waals surface area contributed by atoms with Crippen LogP contribution >= 0.6 is 8.38 Å². The number of nitrogens with two attached hydrogens (primary N) is 2. The van der Waals surface area contributed by atoms with Crippen molar-refractivity contribution in [2.75, 3.05) is 24.4 Å². The van der Waals surface area contributed by atoms with Crippen LogP contribution in [-0.2, 0) is 19.0 Å². The van der Waals surface area contributed by atoms with E-state index in [1.807, 2.05) is 0 Å². The Balaban J connectivity index is 0.000000171. The first kappa shape index (κ1) is 30.0. The Morgan fingerprint density at radius 2 is 1.45 bits per heavy atom. The summed E-state index contributed by atoms with van der Waals surface area (Å²) >= 11 is 0. The zero-order valence-electron chi connectivity index (χ0n) is 21.7. The van der Waals surface area contributed by atoms with E-state index >= 15 is 0 Å². The molecule has 6 rings (SSSR count). The quantitative estimate of drug-likeness (QED) is 0.0623. The van der Waals surface area contributed by atoms with Gasteiger partial charge in [0.25, 0.3) is 11.1 Å². The molecule has 20 heteroatoms. The summed E-state index contributed by atoms with van der Waals surface area (Å²) in [6, 6.07) is 3.06. The monoisotopic (exact) mass is 612 g/mol. The number of nitrogen functional groups attached to an aromatic ring is 2. The molecule has 2 fully saturated rings. The number of ether oxygens (including phenoxy) is 2. The van der Waals surface area contributed by atoms with E-state index in [0.717, 1.165) is 0 Å². The average Bonchev–Trinajstić information content (AvgIpc) is 3.72. The first-order valence-corrected chi connectivity index (χ1v) is 13.9. The predicted octanol–water partition coefficient (Wildman–Crippen LogP) is -1.94. The van der Waals surface area contributed by atoms with Crippen molar-refractivity contribution < 1.29 is 44.4 Å². The number of pyridine rings is 2. The minimum absolute atomic E-state index is 0.0671. The van der Waals surface area contributed by atoms with Crippen molar-refractivity contribution in [1.82, 2.24) is 29.1 Å². The first-order valence-electron chi connectivity index (χ1n) is 12.5. The molecular weight excluding hydrogens is 583 g/mol. The summed E-state index contributed by atoms with van der Waals surface area (Å²) in [4.78, 5) is 50.3. The van der Waals surface area contributed by atoms with Gasteiger partial charge in [-0.05, 0) is 0 Å². The molecule has 6 heterocycles.